The van der Waals surface area contributed by atoms with Crippen molar-refractivity contribution in [1.29, 1.82) is 0 Å². The number of rotatable bonds is 5. The lowest BCUT2D eigenvalue weighted by molar-refractivity contribution is -0.132. The molecule has 0 bridgehead atoms. The maximum atomic E-state index is 13.2. The highest BCUT2D eigenvalue weighted by molar-refractivity contribution is 6.51. The molecule has 1 atom stereocenters. The van der Waals surface area contributed by atoms with Crippen molar-refractivity contribution in [3.63, 3.8) is 0 Å². The fourth-order valence-electron chi connectivity index (χ4n) is 3.97. The summed E-state index contributed by atoms with van der Waals surface area (Å²) in [6.45, 7) is 1.92. The number of aliphatic hydroxyl groups is 1. The Morgan fingerprint density at radius 2 is 1.66 bits per heavy atom. The SMILES string of the molecule is COc1ccc(OC)c(/C(O)=C2\C(=O)C(=O)N(c3cccc(C)c3)C2c2ccccc2)c1. The highest BCUT2D eigenvalue weighted by Crippen LogP contribution is 2.43. The van der Waals surface area contributed by atoms with Gasteiger partial charge in [-0.15, -0.1) is 0 Å². The lowest BCUT2D eigenvalue weighted by Gasteiger charge is -2.26. The number of ketones is 1. The predicted molar refractivity (Wildman–Crippen MR) is 122 cm³/mol. The van der Waals surface area contributed by atoms with Gasteiger partial charge in [-0.25, -0.2) is 0 Å². The Bertz CT molecular complexity index is 1220. The molecule has 1 saturated heterocycles. The van der Waals surface area contributed by atoms with Gasteiger partial charge in [0.05, 0.1) is 31.4 Å². The van der Waals surface area contributed by atoms with Gasteiger partial charge in [-0.3, -0.25) is 14.5 Å². The van der Waals surface area contributed by atoms with E-state index in [2.05, 4.69) is 0 Å². The maximum Gasteiger partial charge on any atom is 0.300 e. The number of aliphatic hydroxyl groups excluding tert-OH is 1. The van der Waals surface area contributed by atoms with Crippen molar-refractivity contribution in [2.24, 2.45) is 0 Å². The van der Waals surface area contributed by atoms with E-state index < -0.39 is 17.7 Å². The molecule has 1 amide bonds. The van der Waals surface area contributed by atoms with Crippen LogP contribution in [0.25, 0.3) is 5.76 Å². The fourth-order valence-corrected chi connectivity index (χ4v) is 3.97. The third-order valence-corrected chi connectivity index (χ3v) is 5.50. The molecule has 32 heavy (non-hydrogen) atoms. The Morgan fingerprint density at radius 1 is 0.906 bits per heavy atom. The summed E-state index contributed by atoms with van der Waals surface area (Å²) in [6.07, 6.45) is 0. The van der Waals surface area contributed by atoms with Crippen LogP contribution in [0.3, 0.4) is 0 Å². The number of amides is 1. The number of hydrogen-bond donors (Lipinski definition) is 1. The van der Waals surface area contributed by atoms with Crippen LogP contribution in [-0.4, -0.2) is 31.0 Å². The molecule has 1 heterocycles. The minimum absolute atomic E-state index is 0.00532. The number of anilines is 1. The highest BCUT2D eigenvalue weighted by Gasteiger charge is 2.47. The Balaban J connectivity index is 1.98. The zero-order chi connectivity index (χ0) is 22.8. The number of methoxy groups -OCH3 is 2. The van der Waals surface area contributed by atoms with Crippen LogP contribution < -0.4 is 14.4 Å². The summed E-state index contributed by atoms with van der Waals surface area (Å²) in [5.41, 5.74) is 2.50. The molecule has 6 nitrogen and oxygen atoms in total. The minimum Gasteiger partial charge on any atom is -0.507 e. The molecule has 1 N–H and O–H groups in total. The Hall–Kier alpha value is -4.06. The summed E-state index contributed by atoms with van der Waals surface area (Å²) in [4.78, 5) is 27.9. The molecule has 162 valence electrons. The second-order valence-corrected chi connectivity index (χ2v) is 7.48. The van der Waals surface area contributed by atoms with Crippen LogP contribution >= 0.6 is 0 Å². The summed E-state index contributed by atoms with van der Waals surface area (Å²) in [7, 11) is 2.98. The van der Waals surface area contributed by atoms with Gasteiger partial charge in [0.15, 0.2) is 0 Å². The highest BCUT2D eigenvalue weighted by atomic mass is 16.5. The molecular formula is C26H23NO5. The first-order chi connectivity index (χ1) is 15.5. The summed E-state index contributed by atoms with van der Waals surface area (Å²) in [6, 6.07) is 20.7. The topological polar surface area (TPSA) is 76.1 Å². The first kappa shape index (κ1) is 21.2. The van der Waals surface area contributed by atoms with E-state index in [-0.39, 0.29) is 16.9 Å². The molecule has 1 aliphatic rings. The average Bonchev–Trinajstić information content (AvgIpc) is 3.09. The molecular weight excluding hydrogens is 406 g/mol. The molecule has 0 aliphatic carbocycles. The normalized spacial score (nSPS) is 17.5. The van der Waals surface area contributed by atoms with Gasteiger partial charge in [0.2, 0.25) is 0 Å². The van der Waals surface area contributed by atoms with Gasteiger partial charge in [-0.2, -0.15) is 0 Å². The van der Waals surface area contributed by atoms with Crippen molar-refractivity contribution in [3.8, 4) is 11.5 Å². The number of aryl methyl sites for hydroxylation is 1. The molecule has 1 aliphatic heterocycles. The van der Waals surface area contributed by atoms with Crippen LogP contribution in [0.4, 0.5) is 5.69 Å². The van der Waals surface area contributed by atoms with E-state index in [1.807, 2.05) is 55.5 Å². The standard InChI is InChI=1S/C26H23NO5/c1-16-8-7-11-18(14-16)27-23(17-9-5-4-6-10-17)22(25(29)26(27)30)24(28)20-15-19(31-2)12-13-21(20)32-3/h4-15,23,28H,1-3H3/b24-22+. The molecule has 4 rings (SSSR count). The lowest BCUT2D eigenvalue weighted by Crippen LogP contribution is -2.29. The molecule has 6 heteroatoms. The van der Waals surface area contributed by atoms with Crippen molar-refractivity contribution >= 4 is 23.1 Å². The van der Waals surface area contributed by atoms with Crippen LogP contribution in [0.2, 0.25) is 0 Å². The second kappa shape index (κ2) is 8.59. The van der Waals surface area contributed by atoms with Crippen LogP contribution in [0.1, 0.15) is 22.7 Å². The Labute approximate surface area is 186 Å². The third kappa shape index (κ3) is 3.60. The van der Waals surface area contributed by atoms with E-state index in [0.29, 0.717) is 22.7 Å². The van der Waals surface area contributed by atoms with Crippen LogP contribution in [0.5, 0.6) is 11.5 Å². The Kier molecular flexibility index (Phi) is 5.69. The van der Waals surface area contributed by atoms with Crippen molar-refractivity contribution in [2.75, 3.05) is 19.1 Å². The first-order valence-electron chi connectivity index (χ1n) is 10.1. The van der Waals surface area contributed by atoms with Crippen molar-refractivity contribution in [2.45, 2.75) is 13.0 Å². The van der Waals surface area contributed by atoms with Gasteiger partial charge in [0.1, 0.15) is 17.3 Å². The van der Waals surface area contributed by atoms with E-state index in [1.165, 1.54) is 19.1 Å². The van der Waals surface area contributed by atoms with Crippen molar-refractivity contribution in [3.05, 3.63) is 95.1 Å². The van der Waals surface area contributed by atoms with Gasteiger partial charge >= 0.3 is 0 Å². The Morgan fingerprint density at radius 3 is 2.31 bits per heavy atom. The van der Waals surface area contributed by atoms with Crippen molar-refractivity contribution < 1.29 is 24.2 Å². The number of benzene rings is 3. The predicted octanol–water partition coefficient (Wildman–Crippen LogP) is 4.64. The number of nitrogens with zero attached hydrogens (tertiary/aromatic N) is 1. The van der Waals surface area contributed by atoms with Gasteiger partial charge < -0.3 is 14.6 Å². The summed E-state index contributed by atoms with van der Waals surface area (Å²) in [5.74, 6) is -0.938. The van der Waals surface area contributed by atoms with Crippen LogP contribution in [0.15, 0.2) is 78.4 Å². The fraction of sp³-hybridized carbons (Fsp3) is 0.154. The summed E-state index contributed by atoms with van der Waals surface area (Å²) < 4.78 is 10.7. The zero-order valence-electron chi connectivity index (χ0n) is 18.0. The van der Waals surface area contributed by atoms with E-state index >= 15 is 0 Å². The third-order valence-electron chi connectivity index (χ3n) is 5.50. The zero-order valence-corrected chi connectivity index (χ0v) is 18.0. The number of ether oxygens (including phenoxy) is 2. The summed E-state index contributed by atoms with van der Waals surface area (Å²) >= 11 is 0. The smallest absolute Gasteiger partial charge is 0.300 e. The molecule has 0 saturated carbocycles. The van der Waals surface area contributed by atoms with Gasteiger partial charge in [0.25, 0.3) is 11.7 Å². The molecule has 0 radical (unpaired) electrons. The van der Waals surface area contributed by atoms with E-state index in [9.17, 15) is 14.7 Å². The number of carbonyl (C=O) groups excluding carboxylic acids is 2. The number of Topliss-reactive ketones (excluding diaryl/α,β-unsaturated/α-hetero) is 1. The molecule has 3 aromatic rings. The van der Waals surface area contributed by atoms with E-state index in [0.717, 1.165) is 5.56 Å². The second-order valence-electron chi connectivity index (χ2n) is 7.48. The van der Waals surface area contributed by atoms with Gasteiger partial charge in [-0.1, -0.05) is 42.5 Å². The molecule has 0 spiro atoms. The molecule has 1 unspecified atom stereocenters. The van der Waals surface area contributed by atoms with Crippen LogP contribution in [0, 0.1) is 6.92 Å². The summed E-state index contributed by atoms with van der Waals surface area (Å²) in [5, 5.41) is 11.3. The van der Waals surface area contributed by atoms with E-state index in [1.54, 1.807) is 24.3 Å². The van der Waals surface area contributed by atoms with E-state index in [4.69, 9.17) is 9.47 Å². The monoisotopic (exact) mass is 429 g/mol. The quantitative estimate of drug-likeness (QED) is 0.363. The number of carbonyl (C=O) groups is 2. The largest absolute Gasteiger partial charge is 0.507 e. The number of hydrogen-bond acceptors (Lipinski definition) is 5. The molecule has 1 fully saturated rings. The molecule has 0 aromatic heterocycles. The average molecular weight is 429 g/mol. The van der Waals surface area contributed by atoms with Crippen molar-refractivity contribution in [1.82, 2.24) is 0 Å². The van der Waals surface area contributed by atoms with Gasteiger partial charge in [0, 0.05) is 5.69 Å². The maximum absolute atomic E-state index is 13.2. The minimum atomic E-state index is -0.797. The first-order valence-corrected chi connectivity index (χ1v) is 10.1. The van der Waals surface area contributed by atoms with Gasteiger partial charge in [-0.05, 0) is 48.4 Å². The lowest BCUT2D eigenvalue weighted by atomic mass is 9.94. The van der Waals surface area contributed by atoms with Crippen LogP contribution in [-0.2, 0) is 9.59 Å². The molecule has 3 aromatic carbocycles.